The van der Waals surface area contributed by atoms with E-state index >= 15 is 0 Å². The number of nitrogens with one attached hydrogen (secondary N) is 1. The smallest absolute Gasteiger partial charge is 0.108 e. The number of nitrogens with zero attached hydrogens (tertiary/aromatic N) is 2. The molecule has 1 aromatic rings. The second-order valence-electron chi connectivity index (χ2n) is 5.20. The van der Waals surface area contributed by atoms with Gasteiger partial charge in [-0.25, -0.2) is 0 Å². The molecule has 0 aliphatic carbocycles. The van der Waals surface area contributed by atoms with E-state index in [0.717, 1.165) is 37.1 Å². The topological polar surface area (TPSA) is 39.1 Å². The van der Waals surface area contributed by atoms with E-state index in [1.165, 1.54) is 5.56 Å². The van der Waals surface area contributed by atoms with Gasteiger partial charge in [0.25, 0.3) is 0 Å². The number of rotatable bonds is 8. The van der Waals surface area contributed by atoms with Crippen molar-refractivity contribution in [3.63, 3.8) is 0 Å². The minimum absolute atomic E-state index is 0.513. The molecule has 20 heavy (non-hydrogen) atoms. The fraction of sp³-hybridized carbons (Fsp3) is 0.562. The number of nitriles is 1. The molecule has 0 radical (unpaired) electrons. The lowest BCUT2D eigenvalue weighted by Crippen LogP contribution is -2.46. The highest BCUT2D eigenvalue weighted by Crippen LogP contribution is 2.16. The molecule has 0 amide bonds. The first-order valence-corrected chi connectivity index (χ1v) is 7.95. The molecule has 0 saturated heterocycles. The number of likely N-dealkylation sites (N-methyl/N-ethyl adjacent to an activating group) is 1. The van der Waals surface area contributed by atoms with Crippen LogP contribution in [-0.2, 0) is 6.42 Å². The number of hydrogen-bond acceptors (Lipinski definition) is 3. The summed E-state index contributed by atoms with van der Waals surface area (Å²) in [5.41, 5.74) is 0.661. The van der Waals surface area contributed by atoms with Crippen LogP contribution < -0.4 is 5.32 Å². The number of hydrogen-bond donors (Lipinski definition) is 1. The van der Waals surface area contributed by atoms with Crippen LogP contribution in [0.5, 0.6) is 0 Å². The summed E-state index contributed by atoms with van der Waals surface area (Å²) in [6.07, 6.45) is 0.717. The Labute approximate surface area is 131 Å². The molecule has 0 bridgehead atoms. The second kappa shape index (κ2) is 8.41. The molecule has 1 rings (SSSR count). The Balaban J connectivity index is 2.54. The van der Waals surface area contributed by atoms with Crippen molar-refractivity contribution in [2.24, 2.45) is 0 Å². The highest BCUT2D eigenvalue weighted by Gasteiger charge is 2.23. The van der Waals surface area contributed by atoms with Gasteiger partial charge in [-0.3, -0.25) is 5.32 Å². The molecule has 1 atom stereocenters. The molecule has 1 N–H and O–H groups in total. The van der Waals surface area contributed by atoms with Gasteiger partial charge in [0.05, 0.1) is 6.07 Å². The summed E-state index contributed by atoms with van der Waals surface area (Å²) >= 11 is 3.43. The lowest BCUT2D eigenvalue weighted by Gasteiger charge is -2.26. The van der Waals surface area contributed by atoms with E-state index in [1.54, 1.807) is 0 Å². The first-order valence-electron chi connectivity index (χ1n) is 7.16. The van der Waals surface area contributed by atoms with Crippen molar-refractivity contribution in [1.29, 1.82) is 5.26 Å². The zero-order valence-electron chi connectivity index (χ0n) is 12.6. The molecule has 4 heteroatoms. The third-order valence-electron chi connectivity index (χ3n) is 3.56. The van der Waals surface area contributed by atoms with Gasteiger partial charge in [-0.1, -0.05) is 41.9 Å². The Kier molecular flexibility index (Phi) is 7.22. The van der Waals surface area contributed by atoms with Gasteiger partial charge in [-0.2, -0.15) is 5.26 Å². The average Bonchev–Trinajstić information content (AvgIpc) is 2.46. The Bertz CT molecular complexity index is 434. The van der Waals surface area contributed by atoms with Crippen molar-refractivity contribution in [2.45, 2.75) is 32.7 Å². The van der Waals surface area contributed by atoms with Gasteiger partial charge >= 0.3 is 0 Å². The highest BCUT2D eigenvalue weighted by molar-refractivity contribution is 9.10. The molecule has 0 fully saturated rings. The molecule has 0 spiro atoms. The number of halogens is 1. The van der Waals surface area contributed by atoms with Crippen molar-refractivity contribution in [2.75, 3.05) is 26.2 Å². The Morgan fingerprint density at radius 3 is 2.35 bits per heavy atom. The standard InChI is InChI=1S/C16H24BrN3/c1-4-20(5-2)11-10-19-16(3,13-18)12-14-6-8-15(17)9-7-14/h6-9,19H,4-5,10-12H2,1-3H3. The molecule has 1 unspecified atom stereocenters. The minimum Gasteiger partial charge on any atom is -0.303 e. The van der Waals surface area contributed by atoms with Crippen LogP contribution in [0.25, 0.3) is 0 Å². The van der Waals surface area contributed by atoms with Gasteiger partial charge in [0.15, 0.2) is 0 Å². The Morgan fingerprint density at radius 2 is 1.85 bits per heavy atom. The predicted molar refractivity (Wildman–Crippen MR) is 87.7 cm³/mol. The lowest BCUT2D eigenvalue weighted by molar-refractivity contribution is 0.289. The lowest BCUT2D eigenvalue weighted by atomic mass is 9.94. The van der Waals surface area contributed by atoms with E-state index in [4.69, 9.17) is 0 Å². The first-order chi connectivity index (χ1) is 9.53. The van der Waals surface area contributed by atoms with Crippen molar-refractivity contribution >= 4 is 15.9 Å². The summed E-state index contributed by atoms with van der Waals surface area (Å²) in [5.74, 6) is 0. The van der Waals surface area contributed by atoms with Gasteiger partial charge in [0, 0.05) is 24.0 Å². The van der Waals surface area contributed by atoms with E-state index in [2.05, 4.69) is 58.2 Å². The maximum absolute atomic E-state index is 9.45. The van der Waals surface area contributed by atoms with Gasteiger partial charge in [0.2, 0.25) is 0 Å². The molecule has 0 saturated carbocycles. The van der Waals surface area contributed by atoms with Crippen LogP contribution in [0.4, 0.5) is 0 Å². The van der Waals surface area contributed by atoms with Crippen LogP contribution in [0.1, 0.15) is 26.3 Å². The maximum Gasteiger partial charge on any atom is 0.108 e. The zero-order chi connectivity index (χ0) is 15.0. The van der Waals surface area contributed by atoms with Crippen molar-refractivity contribution in [3.05, 3.63) is 34.3 Å². The van der Waals surface area contributed by atoms with Gasteiger partial charge in [0.1, 0.15) is 5.54 Å². The average molecular weight is 338 g/mol. The van der Waals surface area contributed by atoms with Crippen LogP contribution in [0.2, 0.25) is 0 Å². The fourth-order valence-electron chi connectivity index (χ4n) is 2.18. The normalized spacial score (nSPS) is 14.0. The second-order valence-corrected chi connectivity index (χ2v) is 6.12. The molecule has 3 nitrogen and oxygen atoms in total. The zero-order valence-corrected chi connectivity index (χ0v) is 14.2. The molecule has 110 valence electrons. The summed E-state index contributed by atoms with van der Waals surface area (Å²) < 4.78 is 1.06. The van der Waals surface area contributed by atoms with Crippen molar-refractivity contribution < 1.29 is 0 Å². The monoisotopic (exact) mass is 337 g/mol. The molecule has 0 aliphatic rings. The number of benzene rings is 1. The highest BCUT2D eigenvalue weighted by atomic mass is 79.9. The SMILES string of the molecule is CCN(CC)CCNC(C)(C#N)Cc1ccc(Br)cc1. The van der Waals surface area contributed by atoms with Crippen LogP contribution in [-0.4, -0.2) is 36.6 Å². The largest absolute Gasteiger partial charge is 0.303 e. The van der Waals surface area contributed by atoms with E-state index in [9.17, 15) is 5.26 Å². The van der Waals surface area contributed by atoms with Gasteiger partial charge < -0.3 is 4.90 Å². The van der Waals surface area contributed by atoms with Gasteiger partial charge in [-0.05, 0) is 37.7 Å². The van der Waals surface area contributed by atoms with Crippen LogP contribution in [0.3, 0.4) is 0 Å². The first kappa shape index (κ1) is 17.2. The van der Waals surface area contributed by atoms with E-state index in [0.29, 0.717) is 0 Å². The molecular weight excluding hydrogens is 314 g/mol. The molecular formula is C16H24BrN3. The predicted octanol–water partition coefficient (Wildman–Crippen LogP) is 3.21. The summed E-state index contributed by atoms with van der Waals surface area (Å²) in [5, 5.41) is 12.8. The molecule has 1 aromatic carbocycles. The van der Waals surface area contributed by atoms with E-state index in [1.807, 2.05) is 19.1 Å². The Morgan fingerprint density at radius 1 is 1.25 bits per heavy atom. The van der Waals surface area contributed by atoms with E-state index in [-0.39, 0.29) is 0 Å². The van der Waals surface area contributed by atoms with Gasteiger partial charge in [-0.15, -0.1) is 0 Å². The molecule has 0 aliphatic heterocycles. The third kappa shape index (κ3) is 5.62. The van der Waals surface area contributed by atoms with Crippen molar-refractivity contribution in [1.82, 2.24) is 10.2 Å². The maximum atomic E-state index is 9.45. The van der Waals surface area contributed by atoms with Crippen LogP contribution in [0.15, 0.2) is 28.7 Å². The van der Waals surface area contributed by atoms with E-state index < -0.39 is 5.54 Å². The summed E-state index contributed by atoms with van der Waals surface area (Å²) in [4.78, 5) is 2.35. The summed E-state index contributed by atoms with van der Waals surface area (Å²) in [7, 11) is 0. The third-order valence-corrected chi connectivity index (χ3v) is 4.08. The minimum atomic E-state index is -0.513. The summed E-state index contributed by atoms with van der Waals surface area (Å²) in [6.45, 7) is 10.2. The Hall–Kier alpha value is -0.890. The van der Waals surface area contributed by atoms with Crippen LogP contribution in [0, 0.1) is 11.3 Å². The fourth-order valence-corrected chi connectivity index (χ4v) is 2.45. The molecule has 0 heterocycles. The quantitative estimate of drug-likeness (QED) is 0.791. The summed E-state index contributed by atoms with van der Waals surface area (Å²) in [6, 6.07) is 10.6. The van der Waals surface area contributed by atoms with Crippen LogP contribution >= 0.6 is 15.9 Å². The van der Waals surface area contributed by atoms with Crippen molar-refractivity contribution in [3.8, 4) is 6.07 Å². The molecule has 0 aromatic heterocycles.